The van der Waals surface area contributed by atoms with Crippen molar-refractivity contribution in [3.05, 3.63) is 72.1 Å². The van der Waals surface area contributed by atoms with E-state index in [1.54, 1.807) is 18.3 Å². The van der Waals surface area contributed by atoms with Gasteiger partial charge >= 0.3 is 6.18 Å². The van der Waals surface area contributed by atoms with E-state index in [1.807, 2.05) is 19.1 Å². The number of rotatable bonds is 5. The van der Waals surface area contributed by atoms with Crippen molar-refractivity contribution in [2.75, 3.05) is 23.3 Å². The quantitative estimate of drug-likeness (QED) is 0.391. The molecule has 0 radical (unpaired) electrons. The number of nitrogens with zero attached hydrogens (tertiary/aromatic N) is 3. The van der Waals surface area contributed by atoms with E-state index in [9.17, 15) is 17.6 Å². The maximum Gasteiger partial charge on any atom is 0.433 e. The van der Waals surface area contributed by atoms with Crippen molar-refractivity contribution in [3.63, 3.8) is 0 Å². The van der Waals surface area contributed by atoms with Crippen LogP contribution < -0.4 is 15.0 Å². The van der Waals surface area contributed by atoms with Crippen molar-refractivity contribution in [3.8, 4) is 5.75 Å². The van der Waals surface area contributed by atoms with Crippen molar-refractivity contribution in [2.24, 2.45) is 0 Å². The predicted octanol–water partition coefficient (Wildman–Crippen LogP) is 5.44. The topological polar surface area (TPSA) is 66.1 Å². The number of halogens is 4. The van der Waals surface area contributed by atoms with E-state index in [-0.39, 0.29) is 11.9 Å². The minimum Gasteiger partial charge on any atom is -0.485 e. The summed E-state index contributed by atoms with van der Waals surface area (Å²) in [6.45, 7) is 3.11. The lowest BCUT2D eigenvalue weighted by atomic mass is 10.1. The fraction of sp³-hybridized carbons (Fsp3) is 0.217. The highest BCUT2D eigenvalue weighted by Crippen LogP contribution is 2.33. The minimum atomic E-state index is -4.47. The molecule has 1 saturated heterocycles. The molecular formula is C23H19F4N5O. The number of benzene rings is 1. The fourth-order valence-corrected chi connectivity index (χ4v) is 3.82. The van der Waals surface area contributed by atoms with Gasteiger partial charge in [-0.15, -0.1) is 0 Å². The van der Waals surface area contributed by atoms with Crippen LogP contribution in [0.25, 0.3) is 10.9 Å². The van der Waals surface area contributed by atoms with E-state index in [0.29, 0.717) is 35.6 Å². The van der Waals surface area contributed by atoms with Gasteiger partial charge in [-0.25, -0.2) is 14.4 Å². The number of alkyl halides is 3. The summed E-state index contributed by atoms with van der Waals surface area (Å²) < 4.78 is 57.3. The first-order valence-corrected chi connectivity index (χ1v) is 10.2. The Labute approximate surface area is 186 Å². The van der Waals surface area contributed by atoms with E-state index in [2.05, 4.69) is 25.2 Å². The second-order valence-electron chi connectivity index (χ2n) is 7.85. The Morgan fingerprint density at radius 3 is 2.67 bits per heavy atom. The molecule has 1 aliphatic heterocycles. The van der Waals surface area contributed by atoms with Crippen LogP contribution in [0.4, 0.5) is 34.8 Å². The molecule has 0 aliphatic carbocycles. The number of ether oxygens (including phenoxy) is 1. The van der Waals surface area contributed by atoms with E-state index in [4.69, 9.17) is 4.74 Å². The molecule has 0 saturated carbocycles. The van der Waals surface area contributed by atoms with E-state index in [0.717, 1.165) is 29.2 Å². The summed E-state index contributed by atoms with van der Waals surface area (Å²) in [5.41, 5.74) is 2.43. The molecule has 0 spiro atoms. The first-order chi connectivity index (χ1) is 15.8. The average Bonchev–Trinajstić information content (AvgIpc) is 3.12. The third-order valence-electron chi connectivity index (χ3n) is 5.59. The van der Waals surface area contributed by atoms with Crippen molar-refractivity contribution < 1.29 is 22.3 Å². The van der Waals surface area contributed by atoms with Crippen molar-refractivity contribution in [1.82, 2.24) is 15.0 Å². The third kappa shape index (κ3) is 4.15. The maximum absolute atomic E-state index is 13.7. The fourth-order valence-electron chi connectivity index (χ4n) is 3.82. The average molecular weight is 457 g/mol. The number of hydrogen-bond acceptors (Lipinski definition) is 5. The first-order valence-electron chi connectivity index (χ1n) is 10.2. The highest BCUT2D eigenvalue weighted by Gasteiger charge is 2.33. The molecule has 4 aromatic rings. The van der Waals surface area contributed by atoms with Crippen LogP contribution in [0, 0.1) is 12.7 Å². The molecule has 10 heteroatoms. The molecule has 170 valence electrons. The molecule has 1 aromatic carbocycles. The lowest BCUT2D eigenvalue weighted by Gasteiger charge is -2.41. The van der Waals surface area contributed by atoms with Crippen LogP contribution in [0.15, 0.2) is 55.0 Å². The molecule has 0 atom stereocenters. The molecule has 33 heavy (non-hydrogen) atoms. The van der Waals surface area contributed by atoms with Crippen LogP contribution in [-0.2, 0) is 6.18 Å². The lowest BCUT2D eigenvalue weighted by Crippen LogP contribution is -2.54. The number of nitrogens with one attached hydrogen (secondary N) is 2. The van der Waals surface area contributed by atoms with Crippen LogP contribution in [0.3, 0.4) is 0 Å². The summed E-state index contributed by atoms with van der Waals surface area (Å²) in [6, 6.07) is 9.41. The molecule has 1 fully saturated rings. The van der Waals surface area contributed by atoms with Gasteiger partial charge in [-0.3, -0.25) is 0 Å². The van der Waals surface area contributed by atoms with Crippen LogP contribution in [0.2, 0.25) is 0 Å². The standard InChI is InChI=1S/C23H19F4N5O/c1-13-20(32-11-16(12-32)33-15-3-5-21(30-9-15)23(25,26)27)6-7-28-22(13)31-14-2-4-17-18(24)10-29-19(17)8-14/h2-10,16,29H,11-12H2,1H3,(H,28,31). The van der Waals surface area contributed by atoms with Gasteiger partial charge < -0.3 is 19.9 Å². The number of fused-ring (bicyclic) bond motifs is 1. The molecule has 2 N–H and O–H groups in total. The zero-order chi connectivity index (χ0) is 23.2. The Kier molecular flexibility index (Phi) is 5.07. The number of H-pyrrole nitrogens is 1. The van der Waals surface area contributed by atoms with Gasteiger partial charge in [0.1, 0.15) is 29.2 Å². The Balaban J connectivity index is 1.24. The maximum atomic E-state index is 13.7. The first kappa shape index (κ1) is 21.0. The van der Waals surface area contributed by atoms with Gasteiger partial charge in [-0.05, 0) is 43.3 Å². The largest absolute Gasteiger partial charge is 0.485 e. The van der Waals surface area contributed by atoms with E-state index in [1.165, 1.54) is 12.3 Å². The normalized spacial score (nSPS) is 14.4. The van der Waals surface area contributed by atoms with Crippen molar-refractivity contribution in [2.45, 2.75) is 19.2 Å². The summed E-state index contributed by atoms with van der Waals surface area (Å²) in [7, 11) is 0. The van der Waals surface area contributed by atoms with Gasteiger partial charge in [-0.1, -0.05) is 0 Å². The Morgan fingerprint density at radius 2 is 1.94 bits per heavy atom. The summed E-state index contributed by atoms with van der Waals surface area (Å²) in [6.07, 6.45) is -0.511. The highest BCUT2D eigenvalue weighted by molar-refractivity contribution is 5.84. The van der Waals surface area contributed by atoms with Gasteiger partial charge in [0.15, 0.2) is 0 Å². The predicted molar refractivity (Wildman–Crippen MR) is 116 cm³/mol. The molecule has 4 heterocycles. The van der Waals surface area contributed by atoms with Crippen molar-refractivity contribution in [1.29, 1.82) is 0 Å². The van der Waals surface area contributed by atoms with Gasteiger partial charge in [0.05, 0.1) is 24.8 Å². The smallest absolute Gasteiger partial charge is 0.433 e. The van der Waals surface area contributed by atoms with Gasteiger partial charge in [-0.2, -0.15) is 13.2 Å². The molecule has 3 aromatic heterocycles. The van der Waals surface area contributed by atoms with Gasteiger partial charge in [0, 0.05) is 34.7 Å². The zero-order valence-electron chi connectivity index (χ0n) is 17.4. The number of hydrogen-bond donors (Lipinski definition) is 2. The second-order valence-corrected chi connectivity index (χ2v) is 7.85. The minimum absolute atomic E-state index is 0.155. The molecule has 1 aliphatic rings. The van der Waals surface area contributed by atoms with Crippen LogP contribution >= 0.6 is 0 Å². The Morgan fingerprint density at radius 1 is 1.12 bits per heavy atom. The molecule has 0 unspecified atom stereocenters. The number of aromatic amines is 1. The summed E-state index contributed by atoms with van der Waals surface area (Å²) >= 11 is 0. The number of pyridine rings is 2. The molecular weight excluding hydrogens is 438 g/mol. The van der Waals surface area contributed by atoms with Gasteiger partial charge in [0.2, 0.25) is 0 Å². The summed E-state index contributed by atoms with van der Waals surface area (Å²) in [5.74, 6) is 0.683. The van der Waals surface area contributed by atoms with Crippen LogP contribution in [0.1, 0.15) is 11.3 Å². The third-order valence-corrected chi connectivity index (χ3v) is 5.59. The van der Waals surface area contributed by atoms with E-state index < -0.39 is 11.9 Å². The molecule has 6 nitrogen and oxygen atoms in total. The molecule has 5 rings (SSSR count). The second kappa shape index (κ2) is 7.95. The molecule has 0 amide bonds. The van der Waals surface area contributed by atoms with Crippen LogP contribution in [-0.4, -0.2) is 34.1 Å². The van der Waals surface area contributed by atoms with Crippen LogP contribution in [0.5, 0.6) is 5.75 Å². The number of aromatic nitrogens is 3. The Bertz CT molecular complexity index is 1300. The summed E-state index contributed by atoms with van der Waals surface area (Å²) in [5, 5.41) is 3.80. The lowest BCUT2D eigenvalue weighted by molar-refractivity contribution is -0.141. The zero-order valence-corrected chi connectivity index (χ0v) is 17.4. The van der Waals surface area contributed by atoms with Crippen molar-refractivity contribution >= 4 is 28.1 Å². The van der Waals surface area contributed by atoms with E-state index >= 15 is 0 Å². The summed E-state index contributed by atoms with van der Waals surface area (Å²) in [4.78, 5) is 12.8. The van der Waals surface area contributed by atoms with Gasteiger partial charge in [0.25, 0.3) is 0 Å². The molecule has 0 bridgehead atoms. The Hall–Kier alpha value is -3.82. The SMILES string of the molecule is Cc1c(N2CC(Oc3ccc(C(F)(F)F)nc3)C2)ccnc1Nc1ccc2c(F)c[nH]c2c1. The number of anilines is 3. The highest BCUT2D eigenvalue weighted by atomic mass is 19.4. The monoisotopic (exact) mass is 457 g/mol.